The van der Waals surface area contributed by atoms with Crippen LogP contribution in [0.1, 0.15) is 28.8 Å². The first kappa shape index (κ1) is 17.1. The number of nitrogens with one attached hydrogen (secondary N) is 1. The Labute approximate surface area is 147 Å². The minimum Gasteiger partial charge on any atom is -0.497 e. The Hall–Kier alpha value is -2.69. The Balaban J connectivity index is 1.40. The van der Waals surface area contributed by atoms with Crippen LogP contribution in [-0.4, -0.2) is 32.8 Å². The highest BCUT2D eigenvalue weighted by Gasteiger charge is 2.11. The summed E-state index contributed by atoms with van der Waals surface area (Å²) in [5.41, 5.74) is 1.84. The van der Waals surface area contributed by atoms with Crippen LogP contribution in [0.4, 0.5) is 0 Å². The van der Waals surface area contributed by atoms with Gasteiger partial charge in [-0.1, -0.05) is 12.1 Å². The number of methoxy groups -OCH3 is 1. The zero-order valence-corrected chi connectivity index (χ0v) is 14.4. The molecule has 1 aliphatic heterocycles. The van der Waals surface area contributed by atoms with Crippen molar-refractivity contribution in [1.82, 2.24) is 5.32 Å². The summed E-state index contributed by atoms with van der Waals surface area (Å²) in [6.45, 7) is 1.87. The van der Waals surface area contributed by atoms with Crippen LogP contribution < -0.4 is 19.5 Å². The van der Waals surface area contributed by atoms with Crippen molar-refractivity contribution in [3.8, 4) is 17.2 Å². The van der Waals surface area contributed by atoms with Crippen LogP contribution in [0.3, 0.4) is 0 Å². The quantitative estimate of drug-likeness (QED) is 0.786. The van der Waals surface area contributed by atoms with Gasteiger partial charge in [0.1, 0.15) is 19.0 Å². The Morgan fingerprint density at radius 1 is 1.08 bits per heavy atom. The lowest BCUT2D eigenvalue weighted by Gasteiger charge is -2.18. The molecule has 0 radical (unpaired) electrons. The van der Waals surface area contributed by atoms with Gasteiger partial charge in [0.15, 0.2) is 11.5 Å². The van der Waals surface area contributed by atoms with Crippen LogP contribution in [0.5, 0.6) is 17.2 Å². The van der Waals surface area contributed by atoms with Gasteiger partial charge >= 0.3 is 0 Å². The molecular formula is C20H23NO4. The third-order valence-corrected chi connectivity index (χ3v) is 4.12. The zero-order valence-electron chi connectivity index (χ0n) is 14.4. The molecule has 5 nitrogen and oxygen atoms in total. The fraction of sp³-hybridized carbons (Fsp3) is 0.350. The van der Waals surface area contributed by atoms with Crippen LogP contribution in [0.2, 0.25) is 0 Å². The SMILES string of the molecule is COc1cccc(C(=O)NCCCCc2ccc3c(c2)OCCO3)c1. The molecule has 0 spiro atoms. The Kier molecular flexibility index (Phi) is 5.77. The first-order valence-corrected chi connectivity index (χ1v) is 8.57. The number of fused-ring (bicyclic) bond motifs is 1. The molecule has 0 unspecified atom stereocenters. The number of amides is 1. The number of carbonyl (C=O) groups excluding carboxylic acids is 1. The summed E-state index contributed by atoms with van der Waals surface area (Å²) in [6, 6.07) is 13.2. The van der Waals surface area contributed by atoms with E-state index < -0.39 is 0 Å². The standard InChI is InChI=1S/C20H23NO4/c1-23-17-7-4-6-16(14-17)20(22)21-10-3-2-5-15-8-9-18-19(13-15)25-12-11-24-18/h4,6-9,13-14H,2-3,5,10-12H2,1H3,(H,21,22). The van der Waals surface area contributed by atoms with Gasteiger partial charge < -0.3 is 19.5 Å². The van der Waals surface area contributed by atoms with Crippen molar-refractivity contribution in [1.29, 1.82) is 0 Å². The normalized spacial score (nSPS) is 12.5. The van der Waals surface area contributed by atoms with Gasteiger partial charge in [0, 0.05) is 12.1 Å². The van der Waals surface area contributed by atoms with Gasteiger partial charge in [0.2, 0.25) is 0 Å². The molecule has 2 aromatic rings. The molecule has 3 rings (SSSR count). The Morgan fingerprint density at radius 3 is 2.76 bits per heavy atom. The van der Waals surface area contributed by atoms with Crippen LogP contribution in [0, 0.1) is 0 Å². The zero-order chi connectivity index (χ0) is 17.5. The second-order valence-electron chi connectivity index (χ2n) is 5.92. The van der Waals surface area contributed by atoms with E-state index in [9.17, 15) is 4.79 Å². The first-order chi connectivity index (χ1) is 12.3. The lowest BCUT2D eigenvalue weighted by Crippen LogP contribution is -2.24. The molecule has 25 heavy (non-hydrogen) atoms. The second-order valence-corrected chi connectivity index (χ2v) is 5.92. The van der Waals surface area contributed by atoms with Gasteiger partial charge in [-0.3, -0.25) is 4.79 Å². The highest BCUT2D eigenvalue weighted by molar-refractivity contribution is 5.94. The number of aryl methyl sites for hydroxylation is 1. The predicted octanol–water partition coefficient (Wildman–Crippen LogP) is 3.22. The van der Waals surface area contributed by atoms with Crippen LogP contribution in [0.15, 0.2) is 42.5 Å². The van der Waals surface area contributed by atoms with Crippen LogP contribution >= 0.6 is 0 Å². The van der Waals surface area contributed by atoms with Gasteiger partial charge in [0.25, 0.3) is 5.91 Å². The molecule has 0 fully saturated rings. The summed E-state index contributed by atoms with van der Waals surface area (Å²) in [6.07, 6.45) is 2.87. The summed E-state index contributed by atoms with van der Waals surface area (Å²) >= 11 is 0. The summed E-state index contributed by atoms with van der Waals surface area (Å²) in [4.78, 5) is 12.1. The Bertz CT molecular complexity index is 729. The summed E-state index contributed by atoms with van der Waals surface area (Å²) in [5, 5.41) is 2.95. The van der Waals surface area contributed by atoms with E-state index in [1.807, 2.05) is 24.3 Å². The van der Waals surface area contributed by atoms with Crippen molar-refractivity contribution >= 4 is 5.91 Å². The third kappa shape index (κ3) is 4.66. The lowest BCUT2D eigenvalue weighted by atomic mass is 10.1. The minimum absolute atomic E-state index is 0.0711. The molecule has 1 aliphatic rings. The maximum atomic E-state index is 12.1. The molecule has 132 valence electrons. The van der Waals surface area contributed by atoms with Crippen molar-refractivity contribution in [2.75, 3.05) is 26.9 Å². The lowest BCUT2D eigenvalue weighted by molar-refractivity contribution is 0.0952. The van der Waals surface area contributed by atoms with E-state index in [0.29, 0.717) is 31.1 Å². The van der Waals surface area contributed by atoms with Crippen molar-refractivity contribution in [2.24, 2.45) is 0 Å². The first-order valence-electron chi connectivity index (χ1n) is 8.57. The van der Waals surface area contributed by atoms with Crippen LogP contribution in [0.25, 0.3) is 0 Å². The number of benzene rings is 2. The minimum atomic E-state index is -0.0711. The number of unbranched alkanes of at least 4 members (excludes halogenated alkanes) is 1. The van der Waals surface area contributed by atoms with Gasteiger partial charge in [-0.05, 0) is 55.2 Å². The molecule has 0 aromatic heterocycles. The molecule has 0 aliphatic carbocycles. The fourth-order valence-electron chi connectivity index (χ4n) is 2.77. The van der Waals surface area contributed by atoms with Gasteiger partial charge in [-0.25, -0.2) is 0 Å². The van der Waals surface area contributed by atoms with Crippen molar-refractivity contribution < 1.29 is 19.0 Å². The van der Waals surface area contributed by atoms with Gasteiger partial charge in [-0.2, -0.15) is 0 Å². The van der Waals surface area contributed by atoms with Crippen molar-refractivity contribution in [3.05, 3.63) is 53.6 Å². The van der Waals surface area contributed by atoms with Crippen LogP contribution in [-0.2, 0) is 6.42 Å². The van der Waals surface area contributed by atoms with Crippen molar-refractivity contribution in [2.45, 2.75) is 19.3 Å². The smallest absolute Gasteiger partial charge is 0.251 e. The fourth-order valence-corrected chi connectivity index (χ4v) is 2.77. The number of hydrogen-bond donors (Lipinski definition) is 1. The third-order valence-electron chi connectivity index (χ3n) is 4.12. The highest BCUT2D eigenvalue weighted by Crippen LogP contribution is 2.31. The molecule has 0 atom stereocenters. The van der Waals surface area contributed by atoms with E-state index in [1.54, 1.807) is 19.2 Å². The van der Waals surface area contributed by atoms with Gasteiger partial charge in [-0.15, -0.1) is 0 Å². The van der Waals surface area contributed by atoms with E-state index in [2.05, 4.69) is 11.4 Å². The molecule has 0 bridgehead atoms. The molecule has 1 amide bonds. The van der Waals surface area contributed by atoms with E-state index in [1.165, 1.54) is 5.56 Å². The van der Waals surface area contributed by atoms with E-state index >= 15 is 0 Å². The average molecular weight is 341 g/mol. The molecule has 1 N–H and O–H groups in total. The topological polar surface area (TPSA) is 56.8 Å². The number of carbonyl (C=O) groups is 1. The number of ether oxygens (including phenoxy) is 3. The molecule has 0 saturated carbocycles. The molecule has 1 heterocycles. The van der Waals surface area contributed by atoms with Gasteiger partial charge in [0.05, 0.1) is 7.11 Å². The molecule has 5 heteroatoms. The molecular weight excluding hydrogens is 318 g/mol. The predicted molar refractivity (Wildman–Crippen MR) is 95.7 cm³/mol. The maximum Gasteiger partial charge on any atom is 0.251 e. The molecule has 2 aromatic carbocycles. The number of rotatable bonds is 7. The summed E-state index contributed by atoms with van der Waals surface area (Å²) in [7, 11) is 1.59. The second kappa shape index (κ2) is 8.42. The largest absolute Gasteiger partial charge is 0.497 e. The highest BCUT2D eigenvalue weighted by atomic mass is 16.6. The monoisotopic (exact) mass is 341 g/mol. The maximum absolute atomic E-state index is 12.1. The number of hydrogen-bond acceptors (Lipinski definition) is 4. The van der Waals surface area contributed by atoms with Crippen molar-refractivity contribution in [3.63, 3.8) is 0 Å². The Morgan fingerprint density at radius 2 is 1.92 bits per heavy atom. The summed E-state index contributed by atoms with van der Waals surface area (Å²) in [5.74, 6) is 2.26. The summed E-state index contributed by atoms with van der Waals surface area (Å²) < 4.78 is 16.3. The van der Waals surface area contributed by atoms with E-state index in [-0.39, 0.29) is 5.91 Å². The molecule has 0 saturated heterocycles. The van der Waals surface area contributed by atoms with E-state index in [0.717, 1.165) is 30.8 Å². The average Bonchev–Trinajstić information content (AvgIpc) is 2.67. The van der Waals surface area contributed by atoms with E-state index in [4.69, 9.17) is 14.2 Å².